The van der Waals surface area contributed by atoms with Crippen LogP contribution in [0, 0.1) is 11.6 Å². The maximum absolute atomic E-state index is 13.3. The summed E-state index contributed by atoms with van der Waals surface area (Å²) in [4.78, 5) is 40.1. The zero-order chi connectivity index (χ0) is 19.6. The van der Waals surface area contributed by atoms with E-state index in [9.17, 15) is 23.2 Å². The predicted molar refractivity (Wildman–Crippen MR) is 95.6 cm³/mol. The highest BCUT2D eigenvalue weighted by atomic mass is 19.2. The number of piperidine rings is 1. The number of aromatic amines is 1. The second-order valence-corrected chi connectivity index (χ2v) is 6.61. The number of anilines is 1. The molecule has 27 heavy (non-hydrogen) atoms. The Balaban J connectivity index is 1.66. The summed E-state index contributed by atoms with van der Waals surface area (Å²) < 4.78 is 27.3. The van der Waals surface area contributed by atoms with Crippen LogP contribution in [-0.2, 0) is 18.3 Å². The zero-order valence-corrected chi connectivity index (χ0v) is 14.8. The molecular formula is C18H20F2N4O3. The van der Waals surface area contributed by atoms with Crippen LogP contribution in [-0.4, -0.2) is 39.5 Å². The maximum atomic E-state index is 13.3. The first kappa shape index (κ1) is 18.8. The third-order valence-electron chi connectivity index (χ3n) is 4.66. The predicted octanol–water partition coefficient (Wildman–Crippen LogP) is 0.997. The molecule has 2 aromatic rings. The molecule has 1 unspecified atom stereocenters. The molecule has 0 aliphatic carbocycles. The van der Waals surface area contributed by atoms with E-state index in [1.165, 1.54) is 19.3 Å². The molecule has 144 valence electrons. The number of rotatable bonds is 4. The second kappa shape index (κ2) is 7.73. The first-order valence-electron chi connectivity index (χ1n) is 8.62. The number of benzene rings is 1. The molecule has 2 N–H and O–H groups in total. The Morgan fingerprint density at radius 3 is 2.81 bits per heavy atom. The van der Waals surface area contributed by atoms with E-state index in [-0.39, 0.29) is 23.9 Å². The Morgan fingerprint density at radius 1 is 1.30 bits per heavy atom. The lowest BCUT2D eigenvalue weighted by molar-refractivity contribution is -0.131. The normalized spacial score (nSPS) is 17.0. The summed E-state index contributed by atoms with van der Waals surface area (Å²) in [5.74, 6) is -2.07. The third kappa shape index (κ3) is 4.24. The highest BCUT2D eigenvalue weighted by Crippen LogP contribution is 2.19. The van der Waals surface area contributed by atoms with Crippen LogP contribution in [0.4, 0.5) is 14.5 Å². The molecule has 2 heterocycles. The van der Waals surface area contributed by atoms with Gasteiger partial charge in [0.2, 0.25) is 5.91 Å². The van der Waals surface area contributed by atoms with E-state index in [4.69, 9.17) is 0 Å². The van der Waals surface area contributed by atoms with E-state index in [0.29, 0.717) is 18.8 Å². The monoisotopic (exact) mass is 378 g/mol. The van der Waals surface area contributed by atoms with Gasteiger partial charge in [0.25, 0.3) is 5.56 Å². The molecule has 0 bridgehead atoms. The molecule has 0 radical (unpaired) electrons. The van der Waals surface area contributed by atoms with Crippen LogP contribution in [0.25, 0.3) is 0 Å². The number of aromatic nitrogens is 2. The fourth-order valence-electron chi connectivity index (χ4n) is 3.16. The van der Waals surface area contributed by atoms with Crippen molar-refractivity contribution in [1.29, 1.82) is 0 Å². The average molecular weight is 378 g/mol. The van der Waals surface area contributed by atoms with Gasteiger partial charge in [-0.1, -0.05) is 0 Å². The van der Waals surface area contributed by atoms with Crippen molar-refractivity contribution in [2.24, 2.45) is 7.05 Å². The van der Waals surface area contributed by atoms with Gasteiger partial charge in [0.15, 0.2) is 11.6 Å². The molecule has 1 aromatic heterocycles. The fourth-order valence-corrected chi connectivity index (χ4v) is 3.16. The topological polar surface area (TPSA) is 87.2 Å². The Hall–Kier alpha value is -2.97. The first-order valence-corrected chi connectivity index (χ1v) is 8.62. The molecule has 0 saturated carbocycles. The highest BCUT2D eigenvalue weighted by molar-refractivity contribution is 5.78. The summed E-state index contributed by atoms with van der Waals surface area (Å²) in [6, 6.07) is 3.48. The summed E-state index contributed by atoms with van der Waals surface area (Å²) in [5.41, 5.74) is -0.369. The van der Waals surface area contributed by atoms with E-state index < -0.39 is 22.9 Å². The fraction of sp³-hybridized carbons (Fsp3) is 0.389. The molecule has 7 nitrogen and oxygen atoms in total. The van der Waals surface area contributed by atoms with Crippen molar-refractivity contribution in [3.05, 3.63) is 62.4 Å². The van der Waals surface area contributed by atoms with Crippen molar-refractivity contribution in [2.45, 2.75) is 25.3 Å². The number of halogens is 2. The minimum absolute atomic E-state index is 0.106. The van der Waals surface area contributed by atoms with Crippen molar-refractivity contribution in [1.82, 2.24) is 14.5 Å². The van der Waals surface area contributed by atoms with Gasteiger partial charge in [-0.25, -0.2) is 13.6 Å². The standard InChI is InChI=1S/C18H20F2N4O3/c1-23-17(26)11(9-21-18(23)27)7-16(25)24-6-2-3-13(10-24)22-12-4-5-14(19)15(20)8-12/h4-5,8-9,13,22H,2-3,6-7,10H2,1H3,(H,21,27). The largest absolute Gasteiger partial charge is 0.380 e. The van der Waals surface area contributed by atoms with Crippen LogP contribution >= 0.6 is 0 Å². The molecule has 1 atom stereocenters. The Kier molecular flexibility index (Phi) is 5.38. The van der Waals surface area contributed by atoms with Gasteiger partial charge >= 0.3 is 5.69 Å². The SMILES string of the molecule is Cn1c(=O)[nH]cc(CC(=O)N2CCCC(Nc3ccc(F)c(F)c3)C2)c1=O. The first-order chi connectivity index (χ1) is 12.8. The molecule has 0 spiro atoms. The van der Waals surface area contributed by atoms with Crippen LogP contribution in [0.2, 0.25) is 0 Å². The average Bonchev–Trinajstić information content (AvgIpc) is 2.65. The van der Waals surface area contributed by atoms with Crippen LogP contribution in [0.1, 0.15) is 18.4 Å². The summed E-state index contributed by atoms with van der Waals surface area (Å²) in [6.07, 6.45) is 2.69. The van der Waals surface area contributed by atoms with E-state index in [1.807, 2.05) is 0 Å². The van der Waals surface area contributed by atoms with Crippen molar-refractivity contribution in [2.75, 3.05) is 18.4 Å². The summed E-state index contributed by atoms with van der Waals surface area (Å²) >= 11 is 0. The van der Waals surface area contributed by atoms with Gasteiger partial charge in [0, 0.05) is 49.7 Å². The summed E-state index contributed by atoms with van der Waals surface area (Å²) in [6.45, 7) is 0.944. The van der Waals surface area contributed by atoms with Crippen LogP contribution in [0.5, 0.6) is 0 Å². The smallest absolute Gasteiger partial charge is 0.328 e. The van der Waals surface area contributed by atoms with Crippen molar-refractivity contribution >= 4 is 11.6 Å². The zero-order valence-electron chi connectivity index (χ0n) is 14.8. The Morgan fingerprint density at radius 2 is 2.07 bits per heavy atom. The lowest BCUT2D eigenvalue weighted by atomic mass is 10.0. The van der Waals surface area contributed by atoms with E-state index in [0.717, 1.165) is 29.5 Å². The number of likely N-dealkylation sites (tertiary alicyclic amines) is 1. The third-order valence-corrected chi connectivity index (χ3v) is 4.66. The molecule has 9 heteroatoms. The number of hydrogen-bond donors (Lipinski definition) is 2. The minimum atomic E-state index is -0.933. The maximum Gasteiger partial charge on any atom is 0.328 e. The summed E-state index contributed by atoms with van der Waals surface area (Å²) in [7, 11) is 1.35. The molecule has 1 aliphatic heterocycles. The molecule has 1 aliphatic rings. The van der Waals surface area contributed by atoms with Crippen molar-refractivity contribution < 1.29 is 13.6 Å². The number of carbonyl (C=O) groups excluding carboxylic acids is 1. The van der Waals surface area contributed by atoms with E-state index in [2.05, 4.69) is 10.3 Å². The highest BCUT2D eigenvalue weighted by Gasteiger charge is 2.24. The van der Waals surface area contributed by atoms with E-state index in [1.54, 1.807) is 4.90 Å². The number of H-pyrrole nitrogens is 1. The van der Waals surface area contributed by atoms with Gasteiger partial charge in [-0.05, 0) is 25.0 Å². The molecule has 1 aromatic carbocycles. The minimum Gasteiger partial charge on any atom is -0.380 e. The van der Waals surface area contributed by atoms with Gasteiger partial charge in [0.1, 0.15) is 0 Å². The summed E-state index contributed by atoms with van der Waals surface area (Å²) in [5, 5.41) is 3.11. The molecule has 1 amide bonds. The number of hydrogen-bond acceptors (Lipinski definition) is 4. The van der Waals surface area contributed by atoms with Crippen molar-refractivity contribution in [3.63, 3.8) is 0 Å². The number of amides is 1. The lowest BCUT2D eigenvalue weighted by Crippen LogP contribution is -2.46. The molecular weight excluding hydrogens is 358 g/mol. The van der Waals surface area contributed by atoms with Gasteiger partial charge in [-0.3, -0.25) is 14.2 Å². The van der Waals surface area contributed by atoms with Crippen molar-refractivity contribution in [3.8, 4) is 0 Å². The Labute approximate surface area is 153 Å². The second-order valence-electron chi connectivity index (χ2n) is 6.61. The number of carbonyl (C=O) groups is 1. The van der Waals surface area contributed by atoms with Gasteiger partial charge in [-0.15, -0.1) is 0 Å². The van der Waals surface area contributed by atoms with E-state index >= 15 is 0 Å². The lowest BCUT2D eigenvalue weighted by Gasteiger charge is -2.33. The van der Waals surface area contributed by atoms with Crippen LogP contribution in [0.15, 0.2) is 34.0 Å². The van der Waals surface area contributed by atoms with Gasteiger partial charge in [-0.2, -0.15) is 0 Å². The molecule has 1 fully saturated rings. The van der Waals surface area contributed by atoms with Crippen LogP contribution < -0.4 is 16.6 Å². The molecule has 1 saturated heterocycles. The quantitative estimate of drug-likeness (QED) is 0.831. The number of nitrogens with one attached hydrogen (secondary N) is 2. The molecule has 3 rings (SSSR count). The van der Waals surface area contributed by atoms with Gasteiger partial charge < -0.3 is 15.2 Å². The number of nitrogens with zero attached hydrogens (tertiary/aromatic N) is 2. The van der Waals surface area contributed by atoms with Gasteiger partial charge in [0.05, 0.1) is 6.42 Å². The Bertz CT molecular complexity index is 970. The van der Waals surface area contributed by atoms with Crippen LogP contribution in [0.3, 0.4) is 0 Å².